The van der Waals surface area contributed by atoms with Gasteiger partial charge in [0.05, 0.1) is 10.7 Å². The smallest absolute Gasteiger partial charge is 0.243 e. The number of amides is 1. The topological polar surface area (TPSA) is 87.3 Å². The monoisotopic (exact) mass is 387 g/mol. The highest BCUT2D eigenvalue weighted by Gasteiger charge is 2.21. The number of hydrogen-bond acceptors (Lipinski definition) is 4. The molecule has 1 aromatic carbocycles. The van der Waals surface area contributed by atoms with Crippen LogP contribution in [-0.4, -0.2) is 34.0 Å². The van der Waals surface area contributed by atoms with E-state index in [0.29, 0.717) is 6.54 Å². The Labute approximate surface area is 146 Å². The summed E-state index contributed by atoms with van der Waals surface area (Å²) in [7, 11) is -4.01. The number of hydrogen-bond donors (Lipinski definition) is 3. The van der Waals surface area contributed by atoms with E-state index in [1.54, 1.807) is 0 Å². The summed E-state index contributed by atoms with van der Waals surface area (Å²) in [6.45, 7) is 4.57. The Balaban J connectivity index is 0.00000484. The summed E-state index contributed by atoms with van der Waals surface area (Å²) < 4.78 is 40.3. The van der Waals surface area contributed by atoms with Crippen LogP contribution in [0.2, 0.25) is 5.02 Å². The lowest BCUT2D eigenvalue weighted by Crippen LogP contribution is -2.32. The fourth-order valence-corrected chi connectivity index (χ4v) is 3.06. The van der Waals surface area contributed by atoms with Gasteiger partial charge >= 0.3 is 0 Å². The van der Waals surface area contributed by atoms with Gasteiger partial charge in [-0.2, -0.15) is 0 Å². The predicted octanol–water partition coefficient (Wildman–Crippen LogP) is 2.14. The number of carbonyl (C=O) groups is 1. The summed E-state index contributed by atoms with van der Waals surface area (Å²) in [6, 6.07) is 1.86. The summed E-state index contributed by atoms with van der Waals surface area (Å²) >= 11 is 5.87. The number of nitrogens with one attached hydrogen (secondary N) is 3. The Morgan fingerprint density at radius 2 is 1.91 bits per heavy atom. The molecule has 132 valence electrons. The molecule has 0 saturated heterocycles. The molecule has 6 nitrogen and oxygen atoms in total. The van der Waals surface area contributed by atoms with E-state index in [1.165, 1.54) is 6.92 Å². The van der Waals surface area contributed by atoms with Gasteiger partial charge in [0.25, 0.3) is 0 Å². The maximum Gasteiger partial charge on any atom is 0.243 e. The zero-order chi connectivity index (χ0) is 16.8. The fraction of sp³-hybridized carbons (Fsp3) is 0.462. The van der Waals surface area contributed by atoms with Gasteiger partial charge in [-0.25, -0.2) is 17.5 Å². The second-order valence-corrected chi connectivity index (χ2v) is 6.73. The molecular formula is C13H20Cl2FN3O3S. The molecule has 23 heavy (non-hydrogen) atoms. The van der Waals surface area contributed by atoms with E-state index in [4.69, 9.17) is 11.6 Å². The molecule has 0 fully saturated rings. The minimum Gasteiger partial charge on any atom is -0.325 e. The molecule has 3 N–H and O–H groups in total. The SMILES string of the molecule is CCCNCCNS(=O)(=O)c1cc(Cl)c(NC(C)=O)cc1F.Cl. The van der Waals surface area contributed by atoms with Crippen molar-refractivity contribution in [3.05, 3.63) is 23.0 Å². The molecular weight excluding hydrogens is 368 g/mol. The highest BCUT2D eigenvalue weighted by Crippen LogP contribution is 2.27. The summed E-state index contributed by atoms with van der Waals surface area (Å²) in [5.41, 5.74) is 0.0234. The minimum atomic E-state index is -4.01. The van der Waals surface area contributed by atoms with Crippen molar-refractivity contribution in [1.82, 2.24) is 10.0 Å². The number of anilines is 1. The average Bonchev–Trinajstić information content (AvgIpc) is 2.41. The maximum atomic E-state index is 14.0. The Kier molecular flexibility index (Phi) is 9.64. The van der Waals surface area contributed by atoms with Crippen molar-refractivity contribution in [3.8, 4) is 0 Å². The van der Waals surface area contributed by atoms with Crippen molar-refractivity contribution >= 4 is 45.6 Å². The van der Waals surface area contributed by atoms with Gasteiger partial charge < -0.3 is 10.6 Å². The summed E-state index contributed by atoms with van der Waals surface area (Å²) in [5, 5.41) is 5.29. The van der Waals surface area contributed by atoms with E-state index in [1.807, 2.05) is 6.92 Å². The van der Waals surface area contributed by atoms with Crippen LogP contribution in [0.25, 0.3) is 0 Å². The maximum absolute atomic E-state index is 14.0. The van der Waals surface area contributed by atoms with Gasteiger partial charge in [0.1, 0.15) is 10.7 Å². The third kappa shape index (κ3) is 7.01. The van der Waals surface area contributed by atoms with Gasteiger partial charge in [-0.3, -0.25) is 4.79 Å². The summed E-state index contributed by atoms with van der Waals surface area (Å²) in [5.74, 6) is -1.42. The molecule has 0 heterocycles. The number of rotatable bonds is 8. The Morgan fingerprint density at radius 3 is 2.48 bits per heavy atom. The Morgan fingerprint density at radius 1 is 1.26 bits per heavy atom. The third-order valence-electron chi connectivity index (χ3n) is 2.64. The average molecular weight is 388 g/mol. The van der Waals surface area contributed by atoms with E-state index in [2.05, 4.69) is 15.4 Å². The molecule has 0 bridgehead atoms. The van der Waals surface area contributed by atoms with Crippen molar-refractivity contribution in [3.63, 3.8) is 0 Å². The first-order chi connectivity index (χ1) is 10.3. The first kappa shape index (κ1) is 22.1. The van der Waals surface area contributed by atoms with Crippen molar-refractivity contribution < 1.29 is 17.6 Å². The van der Waals surface area contributed by atoms with Crippen molar-refractivity contribution in [2.45, 2.75) is 25.2 Å². The Hall–Kier alpha value is -0.930. The molecule has 0 radical (unpaired) electrons. The van der Waals surface area contributed by atoms with E-state index < -0.39 is 26.6 Å². The van der Waals surface area contributed by atoms with Gasteiger partial charge in [0.2, 0.25) is 15.9 Å². The van der Waals surface area contributed by atoms with Crippen LogP contribution in [0.3, 0.4) is 0 Å². The zero-order valence-electron chi connectivity index (χ0n) is 12.8. The van der Waals surface area contributed by atoms with Gasteiger partial charge in [-0.15, -0.1) is 12.4 Å². The number of halogens is 3. The highest BCUT2D eigenvalue weighted by molar-refractivity contribution is 7.89. The molecule has 0 atom stereocenters. The number of benzene rings is 1. The van der Waals surface area contributed by atoms with Crippen molar-refractivity contribution in [1.29, 1.82) is 0 Å². The van der Waals surface area contributed by atoms with Gasteiger partial charge in [0, 0.05) is 26.1 Å². The first-order valence-corrected chi connectivity index (χ1v) is 8.61. The lowest BCUT2D eigenvalue weighted by atomic mass is 10.3. The zero-order valence-corrected chi connectivity index (χ0v) is 15.2. The molecule has 0 saturated carbocycles. The fourth-order valence-electron chi connectivity index (χ4n) is 1.67. The molecule has 1 amide bonds. The molecule has 0 aliphatic rings. The number of carbonyl (C=O) groups excluding carboxylic acids is 1. The Bertz CT molecular complexity index is 642. The van der Waals surface area contributed by atoms with Crippen LogP contribution in [0.5, 0.6) is 0 Å². The molecule has 0 aliphatic carbocycles. The van der Waals surface area contributed by atoms with Crippen LogP contribution < -0.4 is 15.4 Å². The van der Waals surface area contributed by atoms with Crippen LogP contribution in [0.1, 0.15) is 20.3 Å². The second kappa shape index (κ2) is 10.0. The molecule has 0 unspecified atom stereocenters. The third-order valence-corrected chi connectivity index (χ3v) is 4.43. The summed E-state index contributed by atoms with van der Waals surface area (Å²) in [4.78, 5) is 10.4. The molecule has 0 spiro atoms. The van der Waals surface area contributed by atoms with Gasteiger partial charge in [0.15, 0.2) is 0 Å². The molecule has 0 aromatic heterocycles. The normalized spacial score (nSPS) is 11.0. The van der Waals surface area contributed by atoms with Gasteiger partial charge in [-0.1, -0.05) is 18.5 Å². The first-order valence-electron chi connectivity index (χ1n) is 6.75. The van der Waals surface area contributed by atoms with E-state index in [9.17, 15) is 17.6 Å². The lowest BCUT2D eigenvalue weighted by Gasteiger charge is -2.11. The van der Waals surface area contributed by atoms with Crippen LogP contribution >= 0.6 is 24.0 Å². The molecule has 10 heteroatoms. The number of sulfonamides is 1. The van der Waals surface area contributed by atoms with Crippen molar-refractivity contribution in [2.75, 3.05) is 25.0 Å². The van der Waals surface area contributed by atoms with Crippen LogP contribution in [-0.2, 0) is 14.8 Å². The van der Waals surface area contributed by atoms with E-state index in [0.717, 1.165) is 25.1 Å². The second-order valence-electron chi connectivity index (χ2n) is 4.59. The van der Waals surface area contributed by atoms with Crippen LogP contribution in [0, 0.1) is 5.82 Å². The predicted molar refractivity (Wildman–Crippen MR) is 91.3 cm³/mol. The summed E-state index contributed by atoms with van der Waals surface area (Å²) in [6.07, 6.45) is 0.932. The van der Waals surface area contributed by atoms with Crippen LogP contribution in [0.4, 0.5) is 10.1 Å². The molecule has 0 aliphatic heterocycles. The largest absolute Gasteiger partial charge is 0.325 e. The quantitative estimate of drug-likeness (QED) is 0.596. The van der Waals surface area contributed by atoms with E-state index in [-0.39, 0.29) is 29.7 Å². The van der Waals surface area contributed by atoms with Gasteiger partial charge in [-0.05, 0) is 19.0 Å². The highest BCUT2D eigenvalue weighted by atomic mass is 35.5. The van der Waals surface area contributed by atoms with E-state index >= 15 is 0 Å². The van der Waals surface area contributed by atoms with Crippen LogP contribution in [0.15, 0.2) is 17.0 Å². The lowest BCUT2D eigenvalue weighted by molar-refractivity contribution is -0.114. The minimum absolute atomic E-state index is 0. The molecule has 1 rings (SSSR count). The molecule has 1 aromatic rings. The van der Waals surface area contributed by atoms with Crippen molar-refractivity contribution in [2.24, 2.45) is 0 Å². The standard InChI is InChI=1S/C13H19ClFN3O3S.ClH/c1-3-4-16-5-6-17-22(20,21)13-7-10(14)12(8-11(13)15)18-9(2)19;/h7-8,16-17H,3-6H2,1-2H3,(H,18,19);1H.